The summed E-state index contributed by atoms with van der Waals surface area (Å²) >= 11 is 1.43. The fourth-order valence-electron chi connectivity index (χ4n) is 2.34. The van der Waals surface area contributed by atoms with Crippen LogP contribution in [0.25, 0.3) is 0 Å². The summed E-state index contributed by atoms with van der Waals surface area (Å²) in [5.74, 6) is -0.0192. The Labute approximate surface area is 146 Å². The number of para-hydroxylation sites is 1. The van der Waals surface area contributed by atoms with Crippen LogP contribution < -0.4 is 5.32 Å². The van der Waals surface area contributed by atoms with Crippen molar-refractivity contribution >= 4 is 29.0 Å². The molecule has 1 aromatic heterocycles. The molecular weight excluding hydrogens is 322 g/mol. The minimum atomic E-state index is -0.142. The van der Waals surface area contributed by atoms with E-state index in [4.69, 9.17) is 0 Å². The summed E-state index contributed by atoms with van der Waals surface area (Å²) < 4.78 is 0. The molecule has 0 radical (unpaired) electrons. The van der Waals surface area contributed by atoms with Crippen LogP contribution in [0.15, 0.2) is 41.8 Å². The van der Waals surface area contributed by atoms with E-state index in [0.717, 1.165) is 17.7 Å². The van der Waals surface area contributed by atoms with Gasteiger partial charge < -0.3 is 15.1 Å². The first kappa shape index (κ1) is 18.0. The number of amides is 3. The maximum absolute atomic E-state index is 12.4. The van der Waals surface area contributed by atoms with Gasteiger partial charge in [0.1, 0.15) is 0 Å². The van der Waals surface area contributed by atoms with E-state index in [-0.39, 0.29) is 11.9 Å². The Kier molecular flexibility index (Phi) is 6.37. The van der Waals surface area contributed by atoms with Gasteiger partial charge in [-0.1, -0.05) is 31.2 Å². The lowest BCUT2D eigenvalue weighted by atomic mass is 10.1. The number of hydrogen-bond donors (Lipinski definition) is 1. The molecule has 1 heterocycles. The highest BCUT2D eigenvalue weighted by atomic mass is 32.1. The molecule has 0 bridgehead atoms. The van der Waals surface area contributed by atoms with Gasteiger partial charge >= 0.3 is 6.03 Å². The van der Waals surface area contributed by atoms with Crippen molar-refractivity contribution < 1.29 is 9.59 Å². The first-order valence-corrected chi connectivity index (χ1v) is 8.80. The lowest BCUT2D eigenvalue weighted by Gasteiger charge is -2.21. The van der Waals surface area contributed by atoms with E-state index in [0.29, 0.717) is 18.0 Å². The number of benzene rings is 1. The zero-order chi connectivity index (χ0) is 17.5. The lowest BCUT2D eigenvalue weighted by Crippen LogP contribution is -2.32. The summed E-state index contributed by atoms with van der Waals surface area (Å²) in [6.07, 6.45) is 0.906. The monoisotopic (exact) mass is 345 g/mol. The van der Waals surface area contributed by atoms with Gasteiger partial charge in [0.15, 0.2) is 0 Å². The number of thiophene rings is 1. The highest BCUT2D eigenvalue weighted by Gasteiger charge is 2.16. The molecule has 1 aromatic carbocycles. The molecule has 128 valence electrons. The molecule has 0 aliphatic rings. The summed E-state index contributed by atoms with van der Waals surface area (Å²) in [6, 6.07) is 11.1. The van der Waals surface area contributed by atoms with Gasteiger partial charge in [-0.05, 0) is 29.5 Å². The van der Waals surface area contributed by atoms with Crippen LogP contribution in [0, 0.1) is 0 Å². The van der Waals surface area contributed by atoms with E-state index in [9.17, 15) is 9.59 Å². The normalized spacial score (nSPS) is 10.3. The van der Waals surface area contributed by atoms with E-state index >= 15 is 0 Å². The zero-order valence-electron chi connectivity index (χ0n) is 14.3. The predicted molar refractivity (Wildman–Crippen MR) is 98.5 cm³/mol. The highest BCUT2D eigenvalue weighted by molar-refractivity contribution is 7.12. The van der Waals surface area contributed by atoms with Crippen molar-refractivity contribution in [3.63, 3.8) is 0 Å². The average molecular weight is 345 g/mol. The van der Waals surface area contributed by atoms with Gasteiger partial charge in [-0.2, -0.15) is 0 Å². The van der Waals surface area contributed by atoms with Gasteiger partial charge in [0.05, 0.1) is 4.88 Å². The fourth-order valence-corrected chi connectivity index (χ4v) is 3.06. The van der Waals surface area contributed by atoms with Crippen LogP contribution in [-0.2, 0) is 6.54 Å². The molecule has 0 fully saturated rings. The minimum Gasteiger partial charge on any atom is -0.337 e. The van der Waals surface area contributed by atoms with Crippen LogP contribution in [0.4, 0.5) is 10.5 Å². The summed E-state index contributed by atoms with van der Waals surface area (Å²) in [5.41, 5.74) is 1.64. The van der Waals surface area contributed by atoms with Crippen molar-refractivity contribution in [3.05, 3.63) is 52.2 Å². The van der Waals surface area contributed by atoms with E-state index in [1.165, 1.54) is 11.3 Å². The summed E-state index contributed by atoms with van der Waals surface area (Å²) in [6.45, 7) is 3.16. The van der Waals surface area contributed by atoms with Crippen LogP contribution in [0.2, 0.25) is 0 Å². The van der Waals surface area contributed by atoms with E-state index in [2.05, 4.69) is 5.32 Å². The molecule has 2 aromatic rings. The second-order valence-corrected chi connectivity index (χ2v) is 6.60. The molecule has 5 nitrogen and oxygen atoms in total. The second kappa shape index (κ2) is 8.49. The van der Waals surface area contributed by atoms with Crippen molar-refractivity contribution in [3.8, 4) is 0 Å². The van der Waals surface area contributed by atoms with Gasteiger partial charge in [0.25, 0.3) is 5.91 Å². The Morgan fingerprint density at radius 2 is 1.83 bits per heavy atom. The third kappa shape index (κ3) is 4.58. The number of carbonyl (C=O) groups is 2. The standard InChI is InChI=1S/C18H23N3O2S/c1-4-11-20(2)18(23)19-15-9-6-5-8-14(15)13-21(3)17(22)16-10-7-12-24-16/h5-10,12H,4,11,13H2,1-3H3,(H,19,23). The van der Waals surface area contributed by atoms with Crippen LogP contribution in [0.5, 0.6) is 0 Å². The largest absolute Gasteiger partial charge is 0.337 e. The smallest absolute Gasteiger partial charge is 0.321 e. The SMILES string of the molecule is CCCN(C)C(=O)Nc1ccccc1CN(C)C(=O)c1cccs1. The highest BCUT2D eigenvalue weighted by Crippen LogP contribution is 2.19. The Bertz CT molecular complexity index is 685. The Balaban J connectivity index is 2.08. The van der Waals surface area contributed by atoms with Crippen molar-refractivity contribution in [2.75, 3.05) is 26.0 Å². The number of nitrogens with zero attached hydrogens (tertiary/aromatic N) is 2. The zero-order valence-corrected chi connectivity index (χ0v) is 15.1. The summed E-state index contributed by atoms with van der Waals surface area (Å²) in [7, 11) is 3.54. The maximum Gasteiger partial charge on any atom is 0.321 e. The third-order valence-corrected chi connectivity index (χ3v) is 4.51. The van der Waals surface area contributed by atoms with Gasteiger partial charge in [-0.3, -0.25) is 4.79 Å². The van der Waals surface area contributed by atoms with Gasteiger partial charge in [0, 0.05) is 32.9 Å². The Morgan fingerprint density at radius 1 is 1.08 bits per heavy atom. The molecule has 3 amide bonds. The molecular formula is C18H23N3O2S. The molecule has 0 aliphatic heterocycles. The second-order valence-electron chi connectivity index (χ2n) is 5.65. The van der Waals surface area contributed by atoms with Crippen LogP contribution >= 0.6 is 11.3 Å². The molecule has 0 saturated heterocycles. The van der Waals surface area contributed by atoms with Gasteiger partial charge in [0.2, 0.25) is 0 Å². The van der Waals surface area contributed by atoms with Gasteiger partial charge in [-0.15, -0.1) is 11.3 Å². The molecule has 0 saturated carbocycles. The number of nitrogens with one attached hydrogen (secondary N) is 1. The number of rotatable bonds is 6. The minimum absolute atomic E-state index is 0.0192. The van der Waals surface area contributed by atoms with Crippen molar-refractivity contribution in [2.45, 2.75) is 19.9 Å². The molecule has 0 atom stereocenters. The summed E-state index contributed by atoms with van der Waals surface area (Å²) in [5, 5.41) is 4.81. The van der Waals surface area contributed by atoms with Crippen LogP contribution in [0.3, 0.4) is 0 Å². The molecule has 0 spiro atoms. The summed E-state index contributed by atoms with van der Waals surface area (Å²) in [4.78, 5) is 28.6. The third-order valence-electron chi connectivity index (χ3n) is 3.65. The Morgan fingerprint density at radius 3 is 2.50 bits per heavy atom. The first-order valence-electron chi connectivity index (χ1n) is 7.92. The maximum atomic E-state index is 12.4. The number of anilines is 1. The van der Waals surface area contributed by atoms with Crippen molar-refractivity contribution in [1.29, 1.82) is 0 Å². The average Bonchev–Trinajstić information content (AvgIpc) is 3.10. The molecule has 1 N–H and O–H groups in total. The van der Waals surface area contributed by atoms with Crippen molar-refractivity contribution in [2.24, 2.45) is 0 Å². The number of carbonyl (C=O) groups excluding carboxylic acids is 2. The topological polar surface area (TPSA) is 52.7 Å². The van der Waals surface area contributed by atoms with E-state index in [1.54, 1.807) is 23.9 Å². The van der Waals surface area contributed by atoms with Crippen LogP contribution in [0.1, 0.15) is 28.6 Å². The molecule has 0 unspecified atom stereocenters. The predicted octanol–water partition coefficient (Wildman–Crippen LogP) is 3.89. The molecule has 24 heavy (non-hydrogen) atoms. The van der Waals surface area contributed by atoms with Gasteiger partial charge in [-0.25, -0.2) is 4.79 Å². The van der Waals surface area contributed by atoms with Crippen LogP contribution in [-0.4, -0.2) is 42.4 Å². The lowest BCUT2D eigenvalue weighted by molar-refractivity contribution is 0.0790. The molecule has 0 aliphatic carbocycles. The Hall–Kier alpha value is -2.34. The van der Waals surface area contributed by atoms with E-state index in [1.807, 2.05) is 48.7 Å². The van der Waals surface area contributed by atoms with E-state index < -0.39 is 0 Å². The fraction of sp³-hybridized carbons (Fsp3) is 0.333. The molecule has 2 rings (SSSR count). The number of hydrogen-bond acceptors (Lipinski definition) is 3. The van der Waals surface area contributed by atoms with Crippen molar-refractivity contribution in [1.82, 2.24) is 9.80 Å². The first-order chi connectivity index (χ1) is 11.5. The number of urea groups is 1. The molecule has 6 heteroatoms. The quantitative estimate of drug-likeness (QED) is 0.863.